The van der Waals surface area contributed by atoms with E-state index in [-0.39, 0.29) is 21.5 Å². The third-order valence-electron chi connectivity index (χ3n) is 1.28. The van der Waals surface area contributed by atoms with Gasteiger partial charge in [0, 0.05) is 0 Å². The van der Waals surface area contributed by atoms with E-state index in [1.54, 1.807) is 0 Å². The lowest BCUT2D eigenvalue weighted by molar-refractivity contribution is 0.439. The average Bonchev–Trinajstić information content (AvgIpc) is 2.62. The van der Waals surface area contributed by atoms with Crippen molar-refractivity contribution < 1.29 is 4.42 Å². The fraction of sp³-hybridized carbons (Fsp3) is 0. The molecule has 0 aromatic carbocycles. The van der Waals surface area contributed by atoms with Crippen LogP contribution in [-0.4, -0.2) is 19.7 Å². The highest BCUT2D eigenvalue weighted by Gasteiger charge is 2.12. The summed E-state index contributed by atoms with van der Waals surface area (Å²) in [6.07, 6.45) is 1.38. The molecule has 0 N–H and O–H groups in total. The van der Waals surface area contributed by atoms with Gasteiger partial charge >= 0.3 is 6.01 Å². The van der Waals surface area contributed by atoms with Gasteiger partial charge in [-0.1, -0.05) is 46.0 Å². The van der Waals surface area contributed by atoms with Gasteiger partial charge in [0.2, 0.25) is 0 Å². The number of thiol groups is 1. The second-order valence-corrected chi connectivity index (χ2v) is 3.16. The van der Waals surface area contributed by atoms with Crippen molar-refractivity contribution in [2.75, 3.05) is 0 Å². The first-order valence-corrected chi connectivity index (χ1v) is 4.30. The van der Waals surface area contributed by atoms with Gasteiger partial charge in [0.05, 0.1) is 0 Å². The second-order valence-electron chi connectivity index (χ2n) is 2.06. The van der Waals surface area contributed by atoms with Crippen LogP contribution < -0.4 is 0 Å². The van der Waals surface area contributed by atoms with Crippen molar-refractivity contribution in [2.45, 2.75) is 5.22 Å². The topological polar surface area (TPSA) is 56.7 Å². The maximum Gasteiger partial charge on any atom is 0.329 e. The smallest absolute Gasteiger partial charge is 0.329 e. The number of imidazole rings is 1. The van der Waals surface area contributed by atoms with E-state index in [0.717, 1.165) is 0 Å². The van der Waals surface area contributed by atoms with Gasteiger partial charge < -0.3 is 4.42 Å². The molecule has 2 rings (SSSR count). The molecule has 5 nitrogen and oxygen atoms in total. The predicted molar refractivity (Wildman–Crippen MR) is 48.7 cm³/mol. The predicted octanol–water partition coefficient (Wildman–Crippen LogP) is 1.85. The lowest BCUT2D eigenvalue weighted by atomic mass is 10.8. The van der Waals surface area contributed by atoms with Crippen LogP contribution in [0.5, 0.6) is 0 Å². The minimum atomic E-state index is 0.149. The summed E-state index contributed by atoms with van der Waals surface area (Å²) < 4.78 is 6.34. The molecule has 8 heteroatoms. The third-order valence-corrected chi connectivity index (χ3v) is 2.19. The summed E-state index contributed by atoms with van der Waals surface area (Å²) in [6.45, 7) is 0. The van der Waals surface area contributed by atoms with Gasteiger partial charge in [0.25, 0.3) is 5.22 Å². The normalized spacial score (nSPS) is 10.7. The number of hydrogen-bond acceptors (Lipinski definition) is 5. The molecular formula is C5H2Cl2N4OS. The molecule has 2 aromatic heterocycles. The van der Waals surface area contributed by atoms with E-state index in [1.165, 1.54) is 10.9 Å². The van der Waals surface area contributed by atoms with E-state index >= 15 is 0 Å². The molecule has 0 aliphatic carbocycles. The van der Waals surface area contributed by atoms with E-state index in [0.29, 0.717) is 0 Å². The van der Waals surface area contributed by atoms with Crippen molar-refractivity contribution in [1.82, 2.24) is 19.7 Å². The minimum absolute atomic E-state index is 0.149. The summed E-state index contributed by atoms with van der Waals surface area (Å²) in [6, 6.07) is 0.175. The van der Waals surface area contributed by atoms with Crippen LogP contribution in [0.1, 0.15) is 0 Å². The van der Waals surface area contributed by atoms with Gasteiger partial charge in [-0.05, 0) is 0 Å². The molecule has 0 atom stereocenters. The Labute approximate surface area is 88.1 Å². The van der Waals surface area contributed by atoms with Crippen LogP contribution in [-0.2, 0) is 0 Å². The van der Waals surface area contributed by atoms with Crippen LogP contribution in [0.3, 0.4) is 0 Å². The van der Waals surface area contributed by atoms with Crippen molar-refractivity contribution in [3.63, 3.8) is 0 Å². The lowest BCUT2D eigenvalue weighted by Crippen LogP contribution is -1.91. The summed E-state index contributed by atoms with van der Waals surface area (Å²) >= 11 is 15.2. The van der Waals surface area contributed by atoms with Gasteiger partial charge in [0.15, 0.2) is 10.3 Å². The quantitative estimate of drug-likeness (QED) is 0.769. The third kappa shape index (κ3) is 1.52. The van der Waals surface area contributed by atoms with Crippen molar-refractivity contribution in [1.29, 1.82) is 0 Å². The van der Waals surface area contributed by atoms with Crippen molar-refractivity contribution in [3.05, 3.63) is 16.6 Å². The average molecular weight is 237 g/mol. The fourth-order valence-corrected chi connectivity index (χ4v) is 1.18. The molecule has 2 heterocycles. The van der Waals surface area contributed by atoms with Crippen LogP contribution in [0.15, 0.2) is 16.0 Å². The van der Waals surface area contributed by atoms with E-state index in [9.17, 15) is 0 Å². The Morgan fingerprint density at radius 3 is 2.62 bits per heavy atom. The summed E-state index contributed by atoms with van der Waals surface area (Å²) in [5, 5.41) is 7.74. The molecule has 0 aliphatic heterocycles. The zero-order valence-electron chi connectivity index (χ0n) is 5.98. The molecule has 0 fully saturated rings. The number of hydrogen-bond donors (Lipinski definition) is 1. The van der Waals surface area contributed by atoms with E-state index in [2.05, 4.69) is 27.8 Å². The van der Waals surface area contributed by atoms with Crippen LogP contribution in [0.2, 0.25) is 10.3 Å². The standard InChI is InChI=1S/C5H2Cl2N4OS/c6-2-3(7)11(1-8-2)4-9-10-5(13)12-4/h1H,(H,10,13). The van der Waals surface area contributed by atoms with E-state index in [1.807, 2.05) is 0 Å². The fourth-order valence-electron chi connectivity index (χ4n) is 0.751. The molecule has 0 aliphatic rings. The number of aromatic nitrogens is 4. The largest absolute Gasteiger partial charge is 0.398 e. The Morgan fingerprint density at radius 2 is 2.15 bits per heavy atom. The Hall–Kier alpha value is -0.720. The van der Waals surface area contributed by atoms with E-state index in [4.69, 9.17) is 27.6 Å². The molecule has 2 aromatic rings. The molecule has 0 unspecified atom stereocenters. The molecule has 0 amide bonds. The summed E-state index contributed by atoms with van der Waals surface area (Å²) in [5.74, 6) is 0. The number of halogens is 2. The Balaban J connectivity index is 2.52. The second kappa shape index (κ2) is 3.21. The Kier molecular flexibility index (Phi) is 2.19. The highest BCUT2D eigenvalue weighted by Crippen LogP contribution is 2.23. The highest BCUT2D eigenvalue weighted by atomic mass is 35.5. The lowest BCUT2D eigenvalue weighted by Gasteiger charge is -1.93. The molecule has 0 bridgehead atoms. The van der Waals surface area contributed by atoms with Gasteiger partial charge in [-0.3, -0.25) is 0 Å². The summed E-state index contributed by atoms with van der Waals surface area (Å²) in [7, 11) is 0. The van der Waals surface area contributed by atoms with Crippen LogP contribution >= 0.6 is 35.8 Å². The number of nitrogens with zero attached hydrogens (tertiary/aromatic N) is 4. The van der Waals surface area contributed by atoms with Gasteiger partial charge in [-0.25, -0.2) is 9.55 Å². The Bertz CT molecular complexity index is 439. The first kappa shape index (κ1) is 8.86. The molecular weight excluding hydrogens is 235 g/mol. The molecule has 68 valence electrons. The molecule has 0 radical (unpaired) electrons. The molecule has 0 spiro atoms. The first-order chi connectivity index (χ1) is 6.18. The maximum absolute atomic E-state index is 5.77. The Morgan fingerprint density at radius 1 is 1.38 bits per heavy atom. The van der Waals surface area contributed by atoms with Crippen LogP contribution in [0, 0.1) is 0 Å². The number of rotatable bonds is 1. The van der Waals surface area contributed by atoms with Gasteiger partial charge in [0.1, 0.15) is 6.33 Å². The highest BCUT2D eigenvalue weighted by molar-refractivity contribution is 7.80. The maximum atomic E-state index is 5.77. The molecule has 13 heavy (non-hydrogen) atoms. The molecule has 0 saturated heterocycles. The van der Waals surface area contributed by atoms with Crippen molar-refractivity contribution >= 4 is 35.8 Å². The van der Waals surface area contributed by atoms with Gasteiger partial charge in [-0.15, -0.1) is 0 Å². The zero-order valence-corrected chi connectivity index (χ0v) is 8.38. The van der Waals surface area contributed by atoms with Crippen LogP contribution in [0.4, 0.5) is 0 Å². The van der Waals surface area contributed by atoms with Crippen molar-refractivity contribution in [2.24, 2.45) is 0 Å². The monoisotopic (exact) mass is 236 g/mol. The zero-order chi connectivity index (χ0) is 9.42. The summed E-state index contributed by atoms with van der Waals surface area (Å²) in [4.78, 5) is 3.75. The molecule has 0 saturated carbocycles. The van der Waals surface area contributed by atoms with Gasteiger partial charge in [-0.2, -0.15) is 0 Å². The van der Waals surface area contributed by atoms with Crippen molar-refractivity contribution in [3.8, 4) is 6.01 Å². The first-order valence-electron chi connectivity index (χ1n) is 3.09. The van der Waals surface area contributed by atoms with Crippen LogP contribution in [0.25, 0.3) is 6.01 Å². The van der Waals surface area contributed by atoms with E-state index < -0.39 is 0 Å². The minimum Gasteiger partial charge on any atom is -0.398 e. The SMILES string of the molecule is Sc1nnc(-n2cnc(Cl)c2Cl)o1. The summed E-state index contributed by atoms with van der Waals surface area (Å²) in [5.41, 5.74) is 0.